The van der Waals surface area contributed by atoms with E-state index in [9.17, 15) is 0 Å². The molecule has 2 rings (SSSR count). The van der Waals surface area contributed by atoms with Crippen LogP contribution < -0.4 is 0 Å². The van der Waals surface area contributed by atoms with Gasteiger partial charge in [0.1, 0.15) is 0 Å². The van der Waals surface area contributed by atoms with E-state index in [-0.39, 0.29) is 0 Å². The van der Waals surface area contributed by atoms with E-state index in [1.807, 2.05) is 48.5 Å². The third-order valence-corrected chi connectivity index (χ3v) is 3.95. The fraction of sp³-hybridized carbons (Fsp3) is 0. The molecule has 19 heavy (non-hydrogen) atoms. The van der Waals surface area contributed by atoms with Crippen molar-refractivity contribution in [1.29, 1.82) is 0 Å². The molecule has 0 amide bonds. The molecular weight excluding hydrogens is 272 g/mol. The van der Waals surface area contributed by atoms with Crippen LogP contribution in [0.25, 0.3) is 0 Å². The van der Waals surface area contributed by atoms with E-state index in [0.29, 0.717) is 0 Å². The number of hydrogen-bond donors (Lipinski definition) is 0. The first-order chi connectivity index (χ1) is 9.35. The van der Waals surface area contributed by atoms with Gasteiger partial charge in [-0.2, -0.15) is 0 Å². The second-order valence-corrected chi connectivity index (χ2v) is 5.27. The molecule has 1 nitrogen and oxygen atoms in total. The van der Waals surface area contributed by atoms with Crippen LogP contribution in [0.2, 0.25) is 0 Å². The number of hydrogen-bond acceptors (Lipinski definition) is 3. The van der Waals surface area contributed by atoms with Crippen molar-refractivity contribution in [1.82, 2.24) is 0 Å². The van der Waals surface area contributed by atoms with Crippen molar-refractivity contribution in [3.05, 3.63) is 59.7 Å². The van der Waals surface area contributed by atoms with Crippen molar-refractivity contribution >= 4 is 24.1 Å². The lowest BCUT2D eigenvalue weighted by atomic mass is 10.2. The van der Waals surface area contributed by atoms with Crippen LogP contribution in [0.15, 0.2) is 58.3 Å². The van der Waals surface area contributed by atoms with Gasteiger partial charge in [-0.15, -0.1) is 12.8 Å². The van der Waals surface area contributed by atoms with Gasteiger partial charge in [-0.3, -0.25) is 0 Å². The third-order valence-electron chi connectivity index (χ3n) is 2.33. The first-order valence-electron chi connectivity index (χ1n) is 5.47. The standard InChI is InChI=1S/C16H10OS2/c1-3-13-9-5-7-11-15(13)18-17-19-16-12-8-6-10-14(16)4-2/h1-2,5-12H. The van der Waals surface area contributed by atoms with E-state index >= 15 is 0 Å². The molecule has 0 radical (unpaired) electrons. The van der Waals surface area contributed by atoms with Gasteiger partial charge < -0.3 is 0 Å². The molecule has 0 aliphatic heterocycles. The van der Waals surface area contributed by atoms with Crippen LogP contribution in [-0.2, 0) is 3.63 Å². The van der Waals surface area contributed by atoms with E-state index in [2.05, 4.69) is 11.8 Å². The maximum Gasteiger partial charge on any atom is 0.0522 e. The summed E-state index contributed by atoms with van der Waals surface area (Å²) in [4.78, 5) is 1.83. The molecule has 2 aromatic rings. The Hall–Kier alpha value is -1.78. The molecular formula is C16H10OS2. The maximum atomic E-state index is 5.53. The summed E-state index contributed by atoms with van der Waals surface area (Å²) in [6.45, 7) is 0. The smallest absolute Gasteiger partial charge is 0.0522 e. The molecule has 0 N–H and O–H groups in total. The van der Waals surface area contributed by atoms with E-state index in [1.165, 1.54) is 24.1 Å². The van der Waals surface area contributed by atoms with Crippen LogP contribution in [-0.4, -0.2) is 0 Å². The Balaban J connectivity index is 2.01. The number of rotatable bonds is 4. The predicted molar refractivity (Wildman–Crippen MR) is 81.6 cm³/mol. The summed E-state index contributed by atoms with van der Waals surface area (Å²) in [5.74, 6) is 5.25. The summed E-state index contributed by atoms with van der Waals surface area (Å²) < 4.78 is 5.53. The Bertz CT molecular complexity index is 593. The van der Waals surface area contributed by atoms with Crippen LogP contribution in [0.4, 0.5) is 0 Å². The van der Waals surface area contributed by atoms with Crippen LogP contribution in [0, 0.1) is 24.7 Å². The van der Waals surface area contributed by atoms with Gasteiger partial charge in [-0.25, -0.2) is 3.63 Å². The van der Waals surface area contributed by atoms with Crippen molar-refractivity contribution in [3.8, 4) is 24.7 Å². The highest BCUT2D eigenvalue weighted by molar-refractivity contribution is 8.08. The Labute approximate surface area is 122 Å². The lowest BCUT2D eigenvalue weighted by molar-refractivity contribution is 0.756. The molecule has 92 valence electrons. The molecule has 0 aliphatic rings. The normalized spacial score (nSPS) is 9.58. The second-order valence-electron chi connectivity index (χ2n) is 3.52. The molecule has 0 atom stereocenters. The molecule has 0 heterocycles. The van der Waals surface area contributed by atoms with Gasteiger partial charge in [0, 0.05) is 35.2 Å². The van der Waals surface area contributed by atoms with Crippen molar-refractivity contribution in [2.24, 2.45) is 0 Å². The van der Waals surface area contributed by atoms with Crippen molar-refractivity contribution in [2.75, 3.05) is 0 Å². The first kappa shape index (κ1) is 13.6. The minimum Gasteiger partial charge on any atom is -0.237 e. The summed E-state index contributed by atoms with van der Waals surface area (Å²) in [6, 6.07) is 15.3. The SMILES string of the molecule is C#Cc1ccccc1SOSc1ccccc1C#C. The molecule has 0 aromatic heterocycles. The quantitative estimate of drug-likeness (QED) is 0.608. The van der Waals surface area contributed by atoms with E-state index < -0.39 is 0 Å². The molecule has 0 spiro atoms. The minimum absolute atomic E-state index is 0.818. The van der Waals surface area contributed by atoms with E-state index in [1.54, 1.807) is 0 Å². The molecule has 0 saturated heterocycles. The van der Waals surface area contributed by atoms with Gasteiger partial charge in [0.05, 0.1) is 9.79 Å². The number of benzene rings is 2. The third kappa shape index (κ3) is 3.59. The monoisotopic (exact) mass is 282 g/mol. The fourth-order valence-corrected chi connectivity index (χ4v) is 2.83. The zero-order valence-electron chi connectivity index (χ0n) is 10.00. The maximum absolute atomic E-state index is 5.53. The number of terminal acetylenes is 2. The average molecular weight is 282 g/mol. The summed E-state index contributed by atoms with van der Waals surface area (Å²) >= 11 is 2.48. The summed E-state index contributed by atoms with van der Waals surface area (Å²) in [6.07, 6.45) is 10.9. The van der Waals surface area contributed by atoms with E-state index in [0.717, 1.165) is 20.9 Å². The summed E-state index contributed by atoms with van der Waals surface area (Å²) in [5.41, 5.74) is 1.64. The van der Waals surface area contributed by atoms with Gasteiger partial charge in [0.15, 0.2) is 0 Å². The minimum atomic E-state index is 0.818. The summed E-state index contributed by atoms with van der Waals surface area (Å²) in [5, 5.41) is 0. The van der Waals surface area contributed by atoms with Crippen LogP contribution in [0.5, 0.6) is 0 Å². The van der Waals surface area contributed by atoms with Crippen molar-refractivity contribution in [3.63, 3.8) is 0 Å². The highest BCUT2D eigenvalue weighted by Crippen LogP contribution is 2.32. The molecule has 2 aromatic carbocycles. The Morgan fingerprint density at radius 3 is 1.58 bits per heavy atom. The molecule has 0 unspecified atom stereocenters. The molecule has 0 saturated carbocycles. The molecule has 0 fully saturated rings. The zero-order valence-corrected chi connectivity index (χ0v) is 11.6. The van der Waals surface area contributed by atoms with Gasteiger partial charge in [0.2, 0.25) is 0 Å². The topological polar surface area (TPSA) is 9.23 Å². The Morgan fingerprint density at radius 2 is 1.16 bits per heavy atom. The van der Waals surface area contributed by atoms with Crippen molar-refractivity contribution < 1.29 is 3.63 Å². The van der Waals surface area contributed by atoms with Crippen LogP contribution in [0.1, 0.15) is 11.1 Å². The zero-order chi connectivity index (χ0) is 13.5. The Kier molecular flexibility index (Phi) is 5.01. The average Bonchev–Trinajstić information content (AvgIpc) is 2.48. The van der Waals surface area contributed by atoms with Gasteiger partial charge in [-0.05, 0) is 24.3 Å². The molecule has 3 heteroatoms. The largest absolute Gasteiger partial charge is 0.237 e. The van der Waals surface area contributed by atoms with Crippen LogP contribution >= 0.6 is 24.1 Å². The molecule has 0 aliphatic carbocycles. The van der Waals surface area contributed by atoms with Crippen molar-refractivity contribution in [2.45, 2.75) is 9.79 Å². The van der Waals surface area contributed by atoms with E-state index in [4.69, 9.17) is 16.5 Å². The van der Waals surface area contributed by atoms with Gasteiger partial charge in [-0.1, -0.05) is 36.1 Å². The lowest BCUT2D eigenvalue weighted by Gasteiger charge is -2.05. The van der Waals surface area contributed by atoms with Gasteiger partial charge in [0.25, 0.3) is 0 Å². The molecule has 0 bridgehead atoms. The Morgan fingerprint density at radius 1 is 0.737 bits per heavy atom. The van der Waals surface area contributed by atoms with Crippen LogP contribution in [0.3, 0.4) is 0 Å². The fourth-order valence-electron chi connectivity index (χ4n) is 1.41. The lowest BCUT2D eigenvalue weighted by Crippen LogP contribution is -1.82. The second kappa shape index (κ2) is 6.97. The van der Waals surface area contributed by atoms with Gasteiger partial charge >= 0.3 is 0 Å². The highest BCUT2D eigenvalue weighted by atomic mass is 32.2. The predicted octanol–water partition coefficient (Wildman–Crippen LogP) is 4.38. The summed E-state index contributed by atoms with van der Waals surface area (Å²) in [7, 11) is 0. The highest BCUT2D eigenvalue weighted by Gasteiger charge is 2.04. The first-order valence-corrected chi connectivity index (χ1v) is 6.96.